The molecule has 0 aromatic heterocycles. The van der Waals surface area contributed by atoms with Crippen molar-refractivity contribution >= 4 is 11.6 Å². The van der Waals surface area contributed by atoms with Crippen LogP contribution in [-0.4, -0.2) is 7.11 Å². The molecule has 0 fully saturated rings. The van der Waals surface area contributed by atoms with Crippen molar-refractivity contribution in [1.82, 2.24) is 0 Å². The smallest absolute Gasteiger partial charge is 0.118 e. The summed E-state index contributed by atoms with van der Waals surface area (Å²) >= 11 is 6.45. The van der Waals surface area contributed by atoms with E-state index in [9.17, 15) is 0 Å². The van der Waals surface area contributed by atoms with E-state index in [1.165, 1.54) is 11.1 Å². The van der Waals surface area contributed by atoms with Crippen molar-refractivity contribution in [2.75, 3.05) is 7.11 Å². The van der Waals surface area contributed by atoms with Crippen molar-refractivity contribution in [2.45, 2.75) is 5.92 Å². The summed E-state index contributed by atoms with van der Waals surface area (Å²) in [4.78, 5) is 0. The van der Waals surface area contributed by atoms with E-state index in [4.69, 9.17) is 16.3 Å². The SMILES string of the molecule is COc1ccc(C(c2ccccc2)c2ccccc2Cl)cc1. The highest BCUT2D eigenvalue weighted by atomic mass is 35.5. The molecule has 22 heavy (non-hydrogen) atoms. The third kappa shape index (κ3) is 3.00. The lowest BCUT2D eigenvalue weighted by molar-refractivity contribution is 0.414. The summed E-state index contributed by atoms with van der Waals surface area (Å²) in [7, 11) is 1.68. The lowest BCUT2D eigenvalue weighted by Gasteiger charge is -2.20. The van der Waals surface area contributed by atoms with Crippen LogP contribution in [0.25, 0.3) is 0 Å². The minimum atomic E-state index is 0.112. The zero-order chi connectivity index (χ0) is 15.4. The molecule has 0 bridgehead atoms. The zero-order valence-corrected chi connectivity index (χ0v) is 13.1. The van der Waals surface area contributed by atoms with E-state index >= 15 is 0 Å². The fourth-order valence-electron chi connectivity index (χ4n) is 2.70. The van der Waals surface area contributed by atoms with Crippen LogP contribution >= 0.6 is 11.6 Å². The molecular formula is C20H17ClO. The predicted molar refractivity (Wildman–Crippen MR) is 91.8 cm³/mol. The first kappa shape index (κ1) is 14.7. The number of hydrogen-bond donors (Lipinski definition) is 0. The molecule has 1 unspecified atom stereocenters. The van der Waals surface area contributed by atoms with E-state index in [1.807, 2.05) is 36.4 Å². The first-order valence-electron chi connectivity index (χ1n) is 7.23. The summed E-state index contributed by atoms with van der Waals surface area (Å²) in [6.45, 7) is 0. The van der Waals surface area contributed by atoms with E-state index in [1.54, 1.807) is 7.11 Å². The lowest BCUT2D eigenvalue weighted by atomic mass is 9.85. The Morgan fingerprint density at radius 2 is 1.32 bits per heavy atom. The summed E-state index contributed by atoms with van der Waals surface area (Å²) < 4.78 is 5.26. The molecule has 0 radical (unpaired) electrons. The molecule has 110 valence electrons. The van der Waals surface area contributed by atoms with Crippen LogP contribution in [0.15, 0.2) is 78.9 Å². The largest absolute Gasteiger partial charge is 0.497 e. The van der Waals surface area contributed by atoms with Gasteiger partial charge in [-0.2, -0.15) is 0 Å². The van der Waals surface area contributed by atoms with Gasteiger partial charge >= 0.3 is 0 Å². The summed E-state index contributed by atoms with van der Waals surface area (Å²) in [6.07, 6.45) is 0. The third-order valence-corrected chi connectivity index (χ3v) is 4.14. The molecule has 3 rings (SSSR count). The number of halogens is 1. The number of ether oxygens (including phenoxy) is 1. The standard InChI is InChI=1S/C20H17ClO/c1-22-17-13-11-16(12-14-17)20(15-7-3-2-4-8-15)18-9-5-6-10-19(18)21/h2-14,20H,1H3. The van der Waals surface area contributed by atoms with Crippen molar-refractivity contribution in [3.63, 3.8) is 0 Å². The Morgan fingerprint density at radius 3 is 1.95 bits per heavy atom. The van der Waals surface area contributed by atoms with Gasteiger partial charge in [-0.1, -0.05) is 72.3 Å². The summed E-state index contributed by atoms with van der Waals surface area (Å²) in [5, 5.41) is 0.784. The maximum absolute atomic E-state index is 6.45. The molecule has 0 spiro atoms. The van der Waals surface area contributed by atoms with Crippen LogP contribution in [0.3, 0.4) is 0 Å². The van der Waals surface area contributed by atoms with Gasteiger partial charge in [-0.05, 0) is 34.9 Å². The molecule has 0 aliphatic carbocycles. The van der Waals surface area contributed by atoms with E-state index in [-0.39, 0.29) is 5.92 Å². The van der Waals surface area contributed by atoms with Crippen LogP contribution in [0.5, 0.6) is 5.75 Å². The van der Waals surface area contributed by atoms with Gasteiger partial charge in [0.25, 0.3) is 0 Å². The van der Waals surface area contributed by atoms with E-state index in [0.29, 0.717) is 0 Å². The molecule has 2 heteroatoms. The van der Waals surface area contributed by atoms with Crippen LogP contribution in [0, 0.1) is 0 Å². The summed E-state index contributed by atoms with van der Waals surface area (Å²) in [5.74, 6) is 0.968. The van der Waals surface area contributed by atoms with E-state index < -0.39 is 0 Å². The summed E-state index contributed by atoms with van der Waals surface area (Å²) in [6, 6.07) is 26.6. The molecule has 0 amide bonds. The Bertz CT molecular complexity index is 735. The van der Waals surface area contributed by atoms with Gasteiger partial charge in [0.2, 0.25) is 0 Å². The van der Waals surface area contributed by atoms with Gasteiger partial charge in [-0.25, -0.2) is 0 Å². The predicted octanol–water partition coefficient (Wildman–Crippen LogP) is 5.53. The minimum absolute atomic E-state index is 0.112. The molecule has 3 aromatic rings. The molecule has 3 aromatic carbocycles. The maximum atomic E-state index is 6.45. The highest BCUT2D eigenvalue weighted by molar-refractivity contribution is 6.31. The number of methoxy groups -OCH3 is 1. The quantitative estimate of drug-likeness (QED) is 0.576. The van der Waals surface area contributed by atoms with Gasteiger partial charge in [0.1, 0.15) is 5.75 Å². The van der Waals surface area contributed by atoms with E-state index in [2.05, 4.69) is 42.5 Å². The van der Waals surface area contributed by atoms with Crippen LogP contribution < -0.4 is 4.74 Å². The first-order chi connectivity index (χ1) is 10.8. The van der Waals surface area contributed by atoms with Crippen molar-refractivity contribution in [3.05, 3.63) is 101 Å². The highest BCUT2D eigenvalue weighted by Crippen LogP contribution is 2.36. The Hall–Kier alpha value is -2.25. The molecule has 0 aliphatic heterocycles. The van der Waals surface area contributed by atoms with Crippen LogP contribution in [-0.2, 0) is 0 Å². The van der Waals surface area contributed by atoms with Crippen molar-refractivity contribution in [3.8, 4) is 5.75 Å². The normalized spacial score (nSPS) is 11.9. The Kier molecular flexibility index (Phi) is 4.45. The summed E-state index contributed by atoms with van der Waals surface area (Å²) in [5.41, 5.74) is 3.53. The second-order valence-electron chi connectivity index (χ2n) is 5.14. The van der Waals surface area contributed by atoms with Crippen molar-refractivity contribution < 1.29 is 4.74 Å². The molecule has 0 aliphatic rings. The fraction of sp³-hybridized carbons (Fsp3) is 0.100. The van der Waals surface area contributed by atoms with Gasteiger partial charge in [-0.3, -0.25) is 0 Å². The Morgan fingerprint density at radius 1 is 0.727 bits per heavy atom. The molecule has 0 saturated heterocycles. The fourth-order valence-corrected chi connectivity index (χ4v) is 2.95. The lowest BCUT2D eigenvalue weighted by Crippen LogP contribution is -2.04. The number of benzene rings is 3. The highest BCUT2D eigenvalue weighted by Gasteiger charge is 2.18. The molecular weight excluding hydrogens is 292 g/mol. The van der Waals surface area contributed by atoms with Gasteiger partial charge in [0.05, 0.1) is 7.11 Å². The first-order valence-corrected chi connectivity index (χ1v) is 7.60. The number of hydrogen-bond acceptors (Lipinski definition) is 1. The second-order valence-corrected chi connectivity index (χ2v) is 5.55. The van der Waals surface area contributed by atoms with E-state index in [0.717, 1.165) is 16.3 Å². The average Bonchev–Trinajstić information content (AvgIpc) is 2.58. The maximum Gasteiger partial charge on any atom is 0.118 e. The topological polar surface area (TPSA) is 9.23 Å². The monoisotopic (exact) mass is 308 g/mol. The van der Waals surface area contributed by atoms with Crippen molar-refractivity contribution in [1.29, 1.82) is 0 Å². The van der Waals surface area contributed by atoms with Crippen LogP contribution in [0.2, 0.25) is 5.02 Å². The van der Waals surface area contributed by atoms with Crippen LogP contribution in [0.1, 0.15) is 22.6 Å². The van der Waals surface area contributed by atoms with Gasteiger partial charge in [-0.15, -0.1) is 0 Å². The molecule has 1 atom stereocenters. The van der Waals surface area contributed by atoms with Crippen molar-refractivity contribution in [2.24, 2.45) is 0 Å². The Balaban J connectivity index is 2.12. The molecule has 0 N–H and O–H groups in total. The van der Waals surface area contributed by atoms with Gasteiger partial charge in [0.15, 0.2) is 0 Å². The van der Waals surface area contributed by atoms with Crippen LogP contribution in [0.4, 0.5) is 0 Å². The molecule has 1 nitrogen and oxygen atoms in total. The third-order valence-electron chi connectivity index (χ3n) is 3.80. The average molecular weight is 309 g/mol. The van der Waals surface area contributed by atoms with Gasteiger partial charge < -0.3 is 4.74 Å². The Labute approximate surface area is 136 Å². The zero-order valence-electron chi connectivity index (χ0n) is 12.4. The second kappa shape index (κ2) is 6.67. The number of rotatable bonds is 4. The minimum Gasteiger partial charge on any atom is -0.497 e. The molecule has 0 saturated carbocycles. The molecule has 0 heterocycles. The van der Waals surface area contributed by atoms with Gasteiger partial charge in [0, 0.05) is 10.9 Å².